The summed E-state index contributed by atoms with van der Waals surface area (Å²) in [4.78, 5) is 13.1. The second-order valence-corrected chi connectivity index (χ2v) is 8.30. The molecule has 4 aromatic rings. The number of rotatable bonds is 4. The molecule has 0 saturated heterocycles. The average Bonchev–Trinajstić information content (AvgIpc) is 3.21. The summed E-state index contributed by atoms with van der Waals surface area (Å²) in [7, 11) is 0. The van der Waals surface area contributed by atoms with Crippen LogP contribution < -0.4 is 5.32 Å². The van der Waals surface area contributed by atoms with Gasteiger partial charge < -0.3 is 0 Å². The van der Waals surface area contributed by atoms with Gasteiger partial charge in [-0.25, -0.2) is 0 Å². The number of aromatic nitrogens is 2. The number of fused-ring (bicyclic) bond motifs is 1. The van der Waals surface area contributed by atoms with Crippen LogP contribution in [0.15, 0.2) is 48.5 Å². The maximum absolute atomic E-state index is 12.6. The first-order valence-electron chi connectivity index (χ1n) is 7.97. The molecular weight excluding hydrogens is 386 g/mol. The van der Waals surface area contributed by atoms with Gasteiger partial charge in [-0.1, -0.05) is 65.4 Å². The van der Waals surface area contributed by atoms with E-state index in [9.17, 15) is 4.79 Å². The first-order valence-corrected chi connectivity index (χ1v) is 9.98. The van der Waals surface area contributed by atoms with Crippen LogP contribution in [-0.4, -0.2) is 16.1 Å². The number of benzene rings is 2. The number of carbonyl (C=O) groups is 1. The maximum atomic E-state index is 12.6. The second kappa shape index (κ2) is 7.15. The van der Waals surface area contributed by atoms with Crippen LogP contribution in [0, 0.1) is 6.92 Å². The molecule has 26 heavy (non-hydrogen) atoms. The zero-order valence-electron chi connectivity index (χ0n) is 13.8. The van der Waals surface area contributed by atoms with Gasteiger partial charge in [0.1, 0.15) is 9.88 Å². The minimum atomic E-state index is -0.252. The molecule has 2 aromatic carbocycles. The first-order chi connectivity index (χ1) is 12.6. The monoisotopic (exact) mass is 399 g/mol. The standard InChI is InChI=1S/C19H14ClN3OS2/c1-11-6-5-9-13-15(11)16(20)17(25-13)18(24)21-19-23-22-14(26-19)10-12-7-3-2-4-8-12/h2-9H,10H2,1H3,(H,21,23,24). The Morgan fingerprint density at radius 3 is 2.65 bits per heavy atom. The highest BCUT2D eigenvalue weighted by molar-refractivity contribution is 7.22. The molecule has 0 spiro atoms. The van der Waals surface area contributed by atoms with E-state index in [1.54, 1.807) is 0 Å². The minimum absolute atomic E-state index is 0.252. The number of carbonyl (C=O) groups excluding carboxylic acids is 1. The molecule has 0 aliphatic carbocycles. The quantitative estimate of drug-likeness (QED) is 0.489. The van der Waals surface area contributed by atoms with Crippen molar-refractivity contribution in [3.63, 3.8) is 0 Å². The zero-order valence-corrected chi connectivity index (χ0v) is 16.2. The van der Waals surface area contributed by atoms with Gasteiger partial charge in [-0.15, -0.1) is 21.5 Å². The van der Waals surface area contributed by atoms with E-state index in [0.29, 0.717) is 21.5 Å². The van der Waals surface area contributed by atoms with Crippen molar-refractivity contribution >= 4 is 55.4 Å². The van der Waals surface area contributed by atoms with Gasteiger partial charge in [0.15, 0.2) is 0 Å². The van der Waals surface area contributed by atoms with Crippen molar-refractivity contribution in [2.45, 2.75) is 13.3 Å². The highest BCUT2D eigenvalue weighted by Gasteiger charge is 2.19. The van der Waals surface area contributed by atoms with Crippen LogP contribution in [0.4, 0.5) is 5.13 Å². The summed E-state index contributed by atoms with van der Waals surface area (Å²) >= 11 is 9.21. The van der Waals surface area contributed by atoms with E-state index in [1.165, 1.54) is 22.7 Å². The average molecular weight is 400 g/mol. The van der Waals surface area contributed by atoms with Gasteiger partial charge in [-0.3, -0.25) is 10.1 Å². The predicted octanol–water partition coefficient (Wildman–Crippen LogP) is 5.56. The lowest BCUT2D eigenvalue weighted by molar-refractivity contribution is 0.103. The smallest absolute Gasteiger partial charge is 0.269 e. The van der Waals surface area contributed by atoms with Crippen molar-refractivity contribution < 1.29 is 4.79 Å². The van der Waals surface area contributed by atoms with Crippen LogP contribution in [0.3, 0.4) is 0 Å². The Morgan fingerprint density at radius 1 is 1.08 bits per heavy atom. The number of hydrogen-bond acceptors (Lipinski definition) is 5. The SMILES string of the molecule is Cc1cccc2sc(C(=O)Nc3nnc(Cc4ccccc4)s3)c(Cl)c12. The molecule has 4 rings (SSSR count). The number of hydrogen-bond donors (Lipinski definition) is 1. The molecule has 2 aromatic heterocycles. The zero-order chi connectivity index (χ0) is 18.1. The Hall–Kier alpha value is -2.28. The number of nitrogens with one attached hydrogen (secondary N) is 1. The van der Waals surface area contributed by atoms with E-state index in [2.05, 4.69) is 15.5 Å². The van der Waals surface area contributed by atoms with Crippen molar-refractivity contribution in [1.82, 2.24) is 10.2 Å². The number of thiophene rings is 1. The Labute approximate surface area is 163 Å². The van der Waals surface area contributed by atoms with Gasteiger partial charge in [-0.2, -0.15) is 0 Å². The molecule has 4 nitrogen and oxygen atoms in total. The third-order valence-electron chi connectivity index (χ3n) is 3.96. The first kappa shape index (κ1) is 17.1. The summed E-state index contributed by atoms with van der Waals surface area (Å²) < 4.78 is 1.00. The fourth-order valence-corrected chi connectivity index (χ4v) is 5.07. The molecule has 0 fully saturated rings. The number of aryl methyl sites for hydroxylation is 1. The molecule has 0 aliphatic heterocycles. The van der Waals surface area contributed by atoms with Crippen LogP contribution in [-0.2, 0) is 6.42 Å². The summed E-state index contributed by atoms with van der Waals surface area (Å²) in [6.07, 6.45) is 0.692. The molecule has 0 atom stereocenters. The van der Waals surface area contributed by atoms with Crippen molar-refractivity contribution in [2.75, 3.05) is 5.32 Å². The molecule has 0 aliphatic rings. The number of nitrogens with zero attached hydrogens (tertiary/aromatic N) is 2. The molecule has 130 valence electrons. The van der Waals surface area contributed by atoms with Crippen LogP contribution in [0.25, 0.3) is 10.1 Å². The van der Waals surface area contributed by atoms with Gasteiger partial charge in [0.25, 0.3) is 5.91 Å². The topological polar surface area (TPSA) is 54.9 Å². The molecule has 1 N–H and O–H groups in total. The van der Waals surface area contributed by atoms with Crippen LogP contribution in [0.1, 0.15) is 25.8 Å². The molecule has 7 heteroatoms. The highest BCUT2D eigenvalue weighted by Crippen LogP contribution is 2.37. The minimum Gasteiger partial charge on any atom is -0.296 e. The van der Waals surface area contributed by atoms with E-state index in [4.69, 9.17) is 11.6 Å². The van der Waals surface area contributed by atoms with E-state index in [1.807, 2.05) is 55.5 Å². The second-order valence-electron chi connectivity index (χ2n) is 5.81. The molecule has 0 saturated carbocycles. The van der Waals surface area contributed by atoms with E-state index in [0.717, 1.165) is 26.2 Å². The maximum Gasteiger partial charge on any atom is 0.269 e. The third kappa shape index (κ3) is 3.35. The molecule has 0 bridgehead atoms. The van der Waals surface area contributed by atoms with E-state index < -0.39 is 0 Å². The third-order valence-corrected chi connectivity index (χ3v) is 6.44. The van der Waals surface area contributed by atoms with Crippen LogP contribution >= 0.6 is 34.3 Å². The van der Waals surface area contributed by atoms with Gasteiger partial charge in [-0.05, 0) is 24.1 Å². The summed E-state index contributed by atoms with van der Waals surface area (Å²) in [6, 6.07) is 16.0. The molecular formula is C19H14ClN3OS2. The van der Waals surface area contributed by atoms with Crippen molar-refractivity contribution in [1.29, 1.82) is 0 Å². The largest absolute Gasteiger partial charge is 0.296 e. The summed E-state index contributed by atoms with van der Waals surface area (Å²) in [5.74, 6) is -0.252. The van der Waals surface area contributed by atoms with Crippen molar-refractivity contribution in [3.05, 3.63) is 74.6 Å². The Morgan fingerprint density at radius 2 is 1.88 bits per heavy atom. The predicted molar refractivity (Wildman–Crippen MR) is 109 cm³/mol. The number of amides is 1. The van der Waals surface area contributed by atoms with Crippen LogP contribution in [0.5, 0.6) is 0 Å². The van der Waals surface area contributed by atoms with Crippen molar-refractivity contribution in [3.8, 4) is 0 Å². The normalized spacial score (nSPS) is 11.0. The Kier molecular flexibility index (Phi) is 4.72. The van der Waals surface area contributed by atoms with Gasteiger partial charge in [0.05, 0.1) is 5.02 Å². The fraction of sp³-hybridized carbons (Fsp3) is 0.105. The highest BCUT2D eigenvalue weighted by atomic mass is 35.5. The molecule has 2 heterocycles. The lowest BCUT2D eigenvalue weighted by Gasteiger charge is -1.99. The van der Waals surface area contributed by atoms with Gasteiger partial charge >= 0.3 is 0 Å². The van der Waals surface area contributed by atoms with Crippen molar-refractivity contribution in [2.24, 2.45) is 0 Å². The molecule has 0 unspecified atom stereocenters. The lowest BCUT2D eigenvalue weighted by atomic mass is 10.1. The fourth-order valence-electron chi connectivity index (χ4n) is 2.72. The summed E-state index contributed by atoms with van der Waals surface area (Å²) in [5.41, 5.74) is 2.22. The van der Waals surface area contributed by atoms with E-state index in [-0.39, 0.29) is 5.91 Å². The van der Waals surface area contributed by atoms with Gasteiger partial charge in [0, 0.05) is 16.5 Å². The number of halogens is 1. The Balaban J connectivity index is 1.54. The summed E-state index contributed by atoms with van der Waals surface area (Å²) in [5, 5.41) is 13.8. The Bertz CT molecular complexity index is 1090. The van der Waals surface area contributed by atoms with Crippen LogP contribution in [0.2, 0.25) is 5.02 Å². The number of anilines is 1. The van der Waals surface area contributed by atoms with Gasteiger partial charge in [0.2, 0.25) is 5.13 Å². The lowest BCUT2D eigenvalue weighted by Crippen LogP contribution is -2.10. The van der Waals surface area contributed by atoms with E-state index >= 15 is 0 Å². The molecule has 1 amide bonds. The summed E-state index contributed by atoms with van der Waals surface area (Å²) in [6.45, 7) is 1.99. The molecule has 0 radical (unpaired) electrons.